The molecule has 0 unspecified atom stereocenters. The fraction of sp³-hybridized carbons (Fsp3) is 0.857. The molecule has 1 spiro atoms. The van der Waals surface area contributed by atoms with E-state index in [0.29, 0.717) is 6.42 Å². The van der Waals surface area contributed by atoms with Gasteiger partial charge in [0.15, 0.2) is 0 Å². The van der Waals surface area contributed by atoms with Crippen molar-refractivity contribution in [2.45, 2.75) is 89.9 Å². The molecule has 0 aromatic rings. The first-order chi connectivity index (χ1) is 11.5. The van der Waals surface area contributed by atoms with Gasteiger partial charge >= 0.3 is 5.97 Å². The molecule has 3 aliphatic rings. The average molecular weight is 350 g/mol. The van der Waals surface area contributed by atoms with Crippen LogP contribution in [0.2, 0.25) is 0 Å². The number of rotatable bonds is 2. The minimum absolute atomic E-state index is 0.0742. The molecule has 0 aromatic carbocycles. The summed E-state index contributed by atoms with van der Waals surface area (Å²) in [5, 5.41) is 10.9. The van der Waals surface area contributed by atoms with Gasteiger partial charge in [-0.3, -0.25) is 4.79 Å². The molecule has 25 heavy (non-hydrogen) atoms. The van der Waals surface area contributed by atoms with E-state index in [0.717, 1.165) is 37.7 Å². The number of esters is 1. The molecule has 3 rings (SSSR count). The van der Waals surface area contributed by atoms with Gasteiger partial charge in [-0.25, -0.2) is 0 Å². The van der Waals surface area contributed by atoms with Gasteiger partial charge in [-0.15, -0.1) is 0 Å². The van der Waals surface area contributed by atoms with E-state index in [1.165, 1.54) is 7.11 Å². The Balaban J connectivity index is 2.00. The number of aliphatic hydroxyl groups is 1. The van der Waals surface area contributed by atoms with Gasteiger partial charge in [0.25, 0.3) is 0 Å². The highest BCUT2D eigenvalue weighted by atomic mass is 16.5. The summed E-state index contributed by atoms with van der Waals surface area (Å²) in [5.41, 5.74) is -0.0439. The molecule has 1 saturated heterocycles. The van der Waals surface area contributed by atoms with Crippen molar-refractivity contribution in [3.05, 3.63) is 12.2 Å². The van der Waals surface area contributed by atoms with Gasteiger partial charge in [0.2, 0.25) is 0 Å². The third-order valence-corrected chi connectivity index (χ3v) is 7.55. The van der Waals surface area contributed by atoms with E-state index in [9.17, 15) is 9.90 Å². The molecule has 0 radical (unpaired) electrons. The van der Waals surface area contributed by atoms with Crippen LogP contribution in [0.25, 0.3) is 0 Å². The van der Waals surface area contributed by atoms with Crippen molar-refractivity contribution in [2.24, 2.45) is 16.7 Å². The van der Waals surface area contributed by atoms with Crippen molar-refractivity contribution in [3.8, 4) is 0 Å². The number of carbonyl (C=O) groups excluding carboxylic acids is 1. The van der Waals surface area contributed by atoms with Crippen molar-refractivity contribution in [1.82, 2.24) is 0 Å². The largest absolute Gasteiger partial charge is 0.469 e. The molecule has 1 aliphatic heterocycles. The summed E-state index contributed by atoms with van der Waals surface area (Å²) in [6.45, 7) is 13.2. The first-order valence-electron chi connectivity index (χ1n) is 9.63. The second kappa shape index (κ2) is 5.82. The molecule has 1 N–H and O–H groups in total. The highest BCUT2D eigenvalue weighted by Gasteiger charge is 2.67. The van der Waals surface area contributed by atoms with Crippen LogP contribution < -0.4 is 0 Å². The Morgan fingerprint density at radius 1 is 1.24 bits per heavy atom. The van der Waals surface area contributed by atoms with E-state index in [1.54, 1.807) is 0 Å². The molecule has 0 bridgehead atoms. The molecule has 0 amide bonds. The maximum absolute atomic E-state index is 11.9. The zero-order valence-corrected chi connectivity index (χ0v) is 16.5. The van der Waals surface area contributed by atoms with Crippen molar-refractivity contribution >= 4 is 5.97 Å². The van der Waals surface area contributed by atoms with Crippen LogP contribution in [-0.4, -0.2) is 35.5 Å². The number of hydrogen-bond donors (Lipinski definition) is 1. The van der Waals surface area contributed by atoms with E-state index in [1.807, 2.05) is 6.92 Å². The fourth-order valence-corrected chi connectivity index (χ4v) is 6.54. The number of aliphatic hydroxyl groups excluding tert-OH is 1. The molecule has 4 heteroatoms. The molecule has 2 saturated carbocycles. The zero-order chi connectivity index (χ0) is 18.7. The van der Waals surface area contributed by atoms with Crippen molar-refractivity contribution < 1.29 is 19.4 Å². The molecular weight excluding hydrogens is 316 g/mol. The zero-order valence-electron chi connectivity index (χ0n) is 16.5. The maximum Gasteiger partial charge on any atom is 0.308 e. The highest BCUT2D eigenvalue weighted by Crippen LogP contribution is 2.67. The summed E-state index contributed by atoms with van der Waals surface area (Å²) in [5.74, 6) is -0.0496. The summed E-state index contributed by atoms with van der Waals surface area (Å²) in [6, 6.07) is 0. The van der Waals surface area contributed by atoms with Crippen LogP contribution in [0.1, 0.15) is 72.6 Å². The Morgan fingerprint density at radius 3 is 2.56 bits per heavy atom. The second-order valence-electron chi connectivity index (χ2n) is 9.74. The third kappa shape index (κ3) is 2.68. The van der Waals surface area contributed by atoms with Crippen LogP contribution in [0.15, 0.2) is 12.2 Å². The first kappa shape index (κ1) is 18.9. The monoisotopic (exact) mass is 350 g/mol. The topological polar surface area (TPSA) is 55.8 Å². The first-order valence-corrected chi connectivity index (χ1v) is 9.63. The normalized spacial score (nSPS) is 46.1. The SMILES string of the molecule is C=C1C[C@H](O)[C@H]2C(C)(C)CCC[C@]2(C)[C@@]12CC[C@@](C)(CC(=O)OC)O2. The number of ether oxygens (including phenoxy) is 2. The highest BCUT2D eigenvalue weighted by molar-refractivity contribution is 5.70. The third-order valence-electron chi connectivity index (χ3n) is 7.55. The lowest BCUT2D eigenvalue weighted by Crippen LogP contribution is -2.64. The lowest BCUT2D eigenvalue weighted by atomic mass is 9.44. The van der Waals surface area contributed by atoms with Gasteiger partial charge < -0.3 is 14.6 Å². The predicted molar refractivity (Wildman–Crippen MR) is 97.1 cm³/mol. The summed E-state index contributed by atoms with van der Waals surface area (Å²) < 4.78 is 11.6. The van der Waals surface area contributed by atoms with Gasteiger partial charge in [-0.2, -0.15) is 0 Å². The number of hydrogen-bond acceptors (Lipinski definition) is 4. The van der Waals surface area contributed by atoms with E-state index in [2.05, 4.69) is 27.4 Å². The molecule has 1 heterocycles. The van der Waals surface area contributed by atoms with E-state index >= 15 is 0 Å². The summed E-state index contributed by atoms with van der Waals surface area (Å²) in [6.07, 6.45) is 5.49. The summed E-state index contributed by atoms with van der Waals surface area (Å²) >= 11 is 0. The molecule has 4 nitrogen and oxygen atoms in total. The van der Waals surface area contributed by atoms with Crippen LogP contribution in [0.5, 0.6) is 0 Å². The van der Waals surface area contributed by atoms with Gasteiger partial charge in [-0.05, 0) is 55.9 Å². The minimum Gasteiger partial charge on any atom is -0.469 e. The van der Waals surface area contributed by atoms with Crippen molar-refractivity contribution in [2.75, 3.05) is 7.11 Å². The van der Waals surface area contributed by atoms with Crippen LogP contribution in [0.4, 0.5) is 0 Å². The molecule has 2 aliphatic carbocycles. The standard InChI is InChI=1S/C21H34O4/c1-14-12-15(22)17-18(2,3)8-7-9-20(17,5)21(14)11-10-19(4,25-21)13-16(23)24-6/h15,17,22H,1,7-13H2,2-6H3/t15-,17-,19-,20-,21+/m0/s1. The Bertz CT molecular complexity index is 582. The van der Waals surface area contributed by atoms with Gasteiger partial charge in [-0.1, -0.05) is 33.8 Å². The molecule has 5 atom stereocenters. The van der Waals surface area contributed by atoms with Gasteiger partial charge in [0.1, 0.15) is 0 Å². The molecule has 0 aromatic heterocycles. The lowest BCUT2D eigenvalue weighted by molar-refractivity contribution is -0.223. The molecular formula is C21H34O4. The van der Waals surface area contributed by atoms with Crippen molar-refractivity contribution in [3.63, 3.8) is 0 Å². The van der Waals surface area contributed by atoms with Gasteiger partial charge in [0.05, 0.1) is 30.8 Å². The Labute approximate surface area is 152 Å². The number of fused-ring (bicyclic) bond motifs is 2. The van der Waals surface area contributed by atoms with Crippen LogP contribution in [-0.2, 0) is 14.3 Å². The van der Waals surface area contributed by atoms with Crippen LogP contribution in [0.3, 0.4) is 0 Å². The maximum atomic E-state index is 11.9. The molecule has 3 fully saturated rings. The fourth-order valence-electron chi connectivity index (χ4n) is 6.54. The predicted octanol–water partition coefficient (Wildman–Crippen LogP) is 4.01. The van der Waals surface area contributed by atoms with E-state index in [4.69, 9.17) is 9.47 Å². The number of carbonyl (C=O) groups is 1. The minimum atomic E-state index is -0.520. The number of methoxy groups -OCH3 is 1. The summed E-state index contributed by atoms with van der Waals surface area (Å²) in [4.78, 5) is 11.9. The average Bonchev–Trinajstić information content (AvgIpc) is 2.84. The smallest absolute Gasteiger partial charge is 0.308 e. The van der Waals surface area contributed by atoms with Crippen molar-refractivity contribution in [1.29, 1.82) is 0 Å². The Morgan fingerprint density at radius 2 is 1.92 bits per heavy atom. The second-order valence-corrected chi connectivity index (χ2v) is 9.74. The Kier molecular flexibility index (Phi) is 4.40. The van der Waals surface area contributed by atoms with Gasteiger partial charge in [0, 0.05) is 5.41 Å². The quantitative estimate of drug-likeness (QED) is 0.604. The van der Waals surface area contributed by atoms with Crippen LogP contribution in [0, 0.1) is 16.7 Å². The Hall–Kier alpha value is -0.870. The summed E-state index contributed by atoms with van der Waals surface area (Å²) in [7, 11) is 1.42. The van der Waals surface area contributed by atoms with Crippen LogP contribution >= 0.6 is 0 Å². The van der Waals surface area contributed by atoms with E-state index in [-0.39, 0.29) is 35.2 Å². The molecule has 142 valence electrons. The lowest BCUT2D eigenvalue weighted by Gasteiger charge is -2.63. The van der Waals surface area contributed by atoms with E-state index < -0.39 is 11.2 Å².